The van der Waals surface area contributed by atoms with Gasteiger partial charge in [0.15, 0.2) is 0 Å². The lowest BCUT2D eigenvalue weighted by Gasteiger charge is -2.25. The van der Waals surface area contributed by atoms with Crippen LogP contribution < -0.4 is 5.32 Å². The molecule has 0 bridgehead atoms. The maximum atomic E-state index is 12.0. The summed E-state index contributed by atoms with van der Waals surface area (Å²) >= 11 is 0. The largest absolute Gasteiger partial charge is 0.469 e. The maximum absolute atomic E-state index is 12.0. The molecule has 0 radical (unpaired) electrons. The summed E-state index contributed by atoms with van der Waals surface area (Å²) in [5.41, 5.74) is -0.192. The van der Waals surface area contributed by atoms with Crippen molar-refractivity contribution in [1.29, 1.82) is 0 Å². The quantitative estimate of drug-likeness (QED) is 0.810. The number of esters is 1. The summed E-state index contributed by atoms with van der Waals surface area (Å²) in [5.74, 6) is -0.0272. The van der Waals surface area contributed by atoms with E-state index in [2.05, 4.69) is 20.0 Å². The number of aromatic nitrogens is 2. The fraction of sp³-hybridized carbons (Fsp3) is 0.538. The summed E-state index contributed by atoms with van der Waals surface area (Å²) in [4.78, 5) is 31.1. The van der Waals surface area contributed by atoms with Crippen LogP contribution >= 0.6 is 0 Å². The molecule has 0 atom stereocenters. The highest BCUT2D eigenvalue weighted by Crippen LogP contribution is 2.12. The van der Waals surface area contributed by atoms with E-state index in [4.69, 9.17) is 0 Å². The second-order valence-corrected chi connectivity index (χ2v) is 4.90. The van der Waals surface area contributed by atoms with Gasteiger partial charge in [-0.2, -0.15) is 0 Å². The molecule has 0 aliphatic carbocycles. The van der Waals surface area contributed by atoms with Crippen LogP contribution in [0.4, 0.5) is 0 Å². The number of hydrogen-bond donors (Lipinski definition) is 1. The molecule has 6 nitrogen and oxygen atoms in total. The Morgan fingerprint density at radius 3 is 2.68 bits per heavy atom. The Bertz CT molecular complexity index is 472. The number of methoxy groups -OCH3 is 1. The van der Waals surface area contributed by atoms with Gasteiger partial charge in [0.2, 0.25) is 0 Å². The van der Waals surface area contributed by atoms with Crippen molar-refractivity contribution >= 4 is 11.9 Å². The molecule has 0 aromatic carbocycles. The van der Waals surface area contributed by atoms with Crippen LogP contribution in [-0.4, -0.2) is 34.5 Å². The number of ether oxygens (including phenoxy) is 1. The zero-order valence-electron chi connectivity index (χ0n) is 11.7. The molecule has 1 N–H and O–H groups in total. The number of carbonyl (C=O) groups is 2. The van der Waals surface area contributed by atoms with Crippen molar-refractivity contribution < 1.29 is 14.3 Å². The van der Waals surface area contributed by atoms with Crippen LogP contribution in [-0.2, 0) is 9.53 Å². The van der Waals surface area contributed by atoms with Gasteiger partial charge in [-0.1, -0.05) is 0 Å². The molecule has 1 heterocycles. The lowest BCUT2D eigenvalue weighted by Crippen LogP contribution is -2.44. The normalized spacial score (nSPS) is 10.9. The number of carbonyl (C=O) groups excluding carboxylic acids is 2. The van der Waals surface area contributed by atoms with Crippen molar-refractivity contribution in [3.8, 4) is 0 Å². The minimum absolute atomic E-state index is 0.257. The molecule has 19 heavy (non-hydrogen) atoms. The molecule has 0 fully saturated rings. The number of aryl methyl sites for hydroxylation is 1. The van der Waals surface area contributed by atoms with E-state index in [-0.39, 0.29) is 18.3 Å². The minimum atomic E-state index is -0.510. The predicted molar refractivity (Wildman–Crippen MR) is 69.6 cm³/mol. The summed E-state index contributed by atoms with van der Waals surface area (Å²) in [6.45, 7) is 5.42. The predicted octanol–water partition coefficient (Wildman–Crippen LogP) is 1.25. The van der Waals surface area contributed by atoms with Crippen molar-refractivity contribution in [2.24, 2.45) is 0 Å². The molecule has 1 amide bonds. The Kier molecular flexibility index (Phi) is 4.97. The molecule has 0 aliphatic rings. The number of amides is 1. The molecule has 0 unspecified atom stereocenters. The first kappa shape index (κ1) is 15.1. The molecular formula is C13H19N3O3. The third kappa shape index (κ3) is 5.03. The van der Waals surface area contributed by atoms with Crippen LogP contribution in [0.3, 0.4) is 0 Å². The number of nitrogens with zero attached hydrogens (tertiary/aromatic N) is 2. The first-order valence-electron chi connectivity index (χ1n) is 6.03. The van der Waals surface area contributed by atoms with E-state index >= 15 is 0 Å². The first-order chi connectivity index (χ1) is 8.84. The van der Waals surface area contributed by atoms with Gasteiger partial charge in [-0.3, -0.25) is 9.59 Å². The monoisotopic (exact) mass is 265 g/mol. The minimum Gasteiger partial charge on any atom is -0.469 e. The van der Waals surface area contributed by atoms with Crippen LogP contribution in [0.15, 0.2) is 12.3 Å². The zero-order chi connectivity index (χ0) is 14.5. The maximum Gasteiger partial charge on any atom is 0.305 e. The Labute approximate surface area is 112 Å². The van der Waals surface area contributed by atoms with Gasteiger partial charge >= 0.3 is 5.97 Å². The lowest BCUT2D eigenvalue weighted by atomic mass is 9.98. The van der Waals surface area contributed by atoms with Gasteiger partial charge in [0.25, 0.3) is 5.91 Å². The molecule has 1 rings (SSSR count). The summed E-state index contributed by atoms with van der Waals surface area (Å²) in [7, 11) is 1.34. The van der Waals surface area contributed by atoms with Crippen LogP contribution in [0.1, 0.15) is 43.0 Å². The van der Waals surface area contributed by atoms with Gasteiger partial charge in [0, 0.05) is 18.2 Å². The molecule has 1 aromatic rings. The second-order valence-electron chi connectivity index (χ2n) is 4.90. The van der Waals surface area contributed by atoms with Gasteiger partial charge in [-0.25, -0.2) is 9.97 Å². The van der Waals surface area contributed by atoms with Crippen molar-refractivity contribution in [1.82, 2.24) is 15.3 Å². The highest BCUT2D eigenvalue weighted by Gasteiger charge is 2.23. The van der Waals surface area contributed by atoms with Crippen LogP contribution in [0, 0.1) is 6.92 Å². The van der Waals surface area contributed by atoms with E-state index in [0.29, 0.717) is 17.9 Å². The van der Waals surface area contributed by atoms with Gasteiger partial charge in [0.1, 0.15) is 11.5 Å². The third-order valence-electron chi connectivity index (χ3n) is 2.64. The van der Waals surface area contributed by atoms with E-state index in [9.17, 15) is 9.59 Å². The standard InChI is InChI=1S/C13H19N3O3/c1-9-14-8-6-10(15-9)12(18)16-13(2,3)7-5-11(17)19-4/h6,8H,5,7H2,1-4H3,(H,16,18). The van der Waals surface area contributed by atoms with Crippen LogP contribution in [0.2, 0.25) is 0 Å². The third-order valence-corrected chi connectivity index (χ3v) is 2.64. The smallest absolute Gasteiger partial charge is 0.305 e. The van der Waals surface area contributed by atoms with E-state index in [0.717, 1.165) is 0 Å². The highest BCUT2D eigenvalue weighted by atomic mass is 16.5. The molecule has 0 spiro atoms. The van der Waals surface area contributed by atoms with Crippen LogP contribution in [0.25, 0.3) is 0 Å². The summed E-state index contributed by atoms with van der Waals surface area (Å²) in [5, 5.41) is 2.84. The van der Waals surface area contributed by atoms with Crippen LogP contribution in [0.5, 0.6) is 0 Å². The summed E-state index contributed by atoms with van der Waals surface area (Å²) < 4.78 is 4.58. The fourth-order valence-corrected chi connectivity index (χ4v) is 1.53. The van der Waals surface area contributed by atoms with E-state index in [1.165, 1.54) is 7.11 Å². The number of nitrogens with one attached hydrogen (secondary N) is 1. The van der Waals surface area contributed by atoms with E-state index in [1.54, 1.807) is 19.2 Å². The van der Waals surface area contributed by atoms with Gasteiger partial charge in [-0.05, 0) is 33.3 Å². The number of rotatable bonds is 5. The van der Waals surface area contributed by atoms with Gasteiger partial charge in [-0.15, -0.1) is 0 Å². The lowest BCUT2D eigenvalue weighted by molar-refractivity contribution is -0.141. The Balaban J connectivity index is 2.62. The molecule has 0 saturated carbocycles. The molecule has 1 aromatic heterocycles. The van der Waals surface area contributed by atoms with Gasteiger partial charge in [0.05, 0.1) is 7.11 Å². The van der Waals surface area contributed by atoms with E-state index < -0.39 is 5.54 Å². The number of hydrogen-bond acceptors (Lipinski definition) is 5. The van der Waals surface area contributed by atoms with Crippen molar-refractivity contribution in [2.45, 2.75) is 39.2 Å². The Hall–Kier alpha value is -1.98. The summed E-state index contributed by atoms with van der Waals surface area (Å²) in [6.07, 6.45) is 2.29. The molecule has 104 valence electrons. The summed E-state index contributed by atoms with van der Waals surface area (Å²) in [6, 6.07) is 1.55. The molecule has 0 saturated heterocycles. The average Bonchev–Trinajstić information content (AvgIpc) is 2.35. The first-order valence-corrected chi connectivity index (χ1v) is 6.03. The fourth-order valence-electron chi connectivity index (χ4n) is 1.53. The zero-order valence-corrected chi connectivity index (χ0v) is 11.7. The van der Waals surface area contributed by atoms with Gasteiger partial charge < -0.3 is 10.1 Å². The van der Waals surface area contributed by atoms with Crippen molar-refractivity contribution in [2.75, 3.05) is 7.11 Å². The SMILES string of the molecule is COC(=O)CCC(C)(C)NC(=O)c1ccnc(C)n1. The Morgan fingerprint density at radius 1 is 1.42 bits per heavy atom. The molecule has 0 aliphatic heterocycles. The Morgan fingerprint density at radius 2 is 2.11 bits per heavy atom. The van der Waals surface area contributed by atoms with E-state index in [1.807, 2.05) is 13.8 Å². The highest BCUT2D eigenvalue weighted by molar-refractivity contribution is 5.92. The van der Waals surface area contributed by atoms with Crippen molar-refractivity contribution in [3.63, 3.8) is 0 Å². The molecule has 6 heteroatoms. The van der Waals surface area contributed by atoms with Crippen molar-refractivity contribution in [3.05, 3.63) is 23.8 Å². The second kappa shape index (κ2) is 6.26. The topological polar surface area (TPSA) is 81.2 Å². The average molecular weight is 265 g/mol. The molecular weight excluding hydrogens is 246 g/mol.